The molecule has 1 saturated heterocycles. The highest BCUT2D eigenvalue weighted by Crippen LogP contribution is 2.35. The van der Waals surface area contributed by atoms with Crippen LogP contribution in [0.3, 0.4) is 0 Å². The number of halogens is 3. The van der Waals surface area contributed by atoms with E-state index in [-0.39, 0.29) is 94.1 Å². The molecule has 1 unspecified atom stereocenters. The molecule has 3 aromatic carbocycles. The van der Waals surface area contributed by atoms with Crippen molar-refractivity contribution in [2.45, 2.75) is 38.0 Å². The second-order valence-corrected chi connectivity index (χ2v) is 17.7. The van der Waals surface area contributed by atoms with Crippen molar-refractivity contribution in [1.29, 1.82) is 0 Å². The van der Waals surface area contributed by atoms with E-state index in [2.05, 4.69) is 31.2 Å². The Balaban J connectivity index is 0.763. The van der Waals surface area contributed by atoms with Gasteiger partial charge in [0.15, 0.2) is 0 Å². The number of anilines is 4. The highest BCUT2D eigenvalue weighted by Gasteiger charge is 2.46. The number of carbonyl (C=O) groups is 5. The van der Waals surface area contributed by atoms with Gasteiger partial charge in [0, 0.05) is 38.3 Å². The van der Waals surface area contributed by atoms with Gasteiger partial charge in [-0.1, -0.05) is 18.2 Å². The van der Waals surface area contributed by atoms with Crippen LogP contribution in [0.2, 0.25) is 0 Å². The lowest BCUT2D eigenvalue weighted by molar-refractivity contribution is -0.138. The minimum atomic E-state index is -4.74. The van der Waals surface area contributed by atoms with Gasteiger partial charge in [0.2, 0.25) is 33.7 Å². The van der Waals surface area contributed by atoms with Crippen LogP contribution in [-0.4, -0.2) is 145 Å². The van der Waals surface area contributed by atoms with Crippen molar-refractivity contribution < 1.29 is 74.0 Å². The zero-order chi connectivity index (χ0) is 51.0. The lowest BCUT2D eigenvalue weighted by atomic mass is 10.0. The summed E-state index contributed by atoms with van der Waals surface area (Å²) in [5.74, 6) is -2.67. The van der Waals surface area contributed by atoms with Crippen LogP contribution in [0, 0.1) is 0 Å². The fourth-order valence-corrected chi connectivity index (χ4v) is 7.47. The van der Waals surface area contributed by atoms with Gasteiger partial charge in [-0.15, -0.1) is 0 Å². The first-order valence-corrected chi connectivity index (χ1v) is 24.1. The smallest absolute Gasteiger partial charge is 0.421 e. The summed E-state index contributed by atoms with van der Waals surface area (Å²) in [7, 11) is -2.16. The number of nitrogens with one attached hydrogen (secondary N) is 4. The Morgan fingerprint density at radius 2 is 1.51 bits per heavy atom. The maximum absolute atomic E-state index is 13.8. The Bertz CT molecular complexity index is 2630. The van der Waals surface area contributed by atoms with Crippen molar-refractivity contribution in [3.8, 4) is 11.5 Å². The standard InChI is InChI=1S/C46H53F3N8O13S/c1-56(71(2,63)64)32-6-3-5-30(27-32)28-51-41-35(46(47,48)49)29-52-45(55-41)53-31-9-11-33(12-10-31)69-26-25-68-24-23-67-22-21-66-20-19-65-17-15-38(58)50-16-18-70-37-8-4-7-34-40(37)44(62)57(43(34)61)36-13-14-39(59)54-42(36)60/h3-12,27,29,36H,13-26,28H2,1-2H3,(H,50,58)(H,54,59,60)(H2,51,52,53,55). The predicted molar refractivity (Wildman–Crippen MR) is 249 cm³/mol. The molecule has 6 rings (SSSR count). The number of piperidine rings is 1. The summed E-state index contributed by atoms with van der Waals surface area (Å²) in [5.41, 5.74) is 0.422. The Kier molecular flexibility index (Phi) is 19.0. The molecule has 1 aromatic heterocycles. The number of amides is 5. The Morgan fingerprint density at radius 3 is 2.17 bits per heavy atom. The van der Waals surface area contributed by atoms with E-state index >= 15 is 0 Å². The number of benzene rings is 3. The molecule has 1 atom stereocenters. The topological polar surface area (TPSA) is 255 Å². The minimum Gasteiger partial charge on any atom is -0.491 e. The maximum Gasteiger partial charge on any atom is 0.421 e. The van der Waals surface area contributed by atoms with Crippen LogP contribution in [0.5, 0.6) is 11.5 Å². The third-order valence-electron chi connectivity index (χ3n) is 10.6. The first-order chi connectivity index (χ1) is 34.0. The Morgan fingerprint density at radius 1 is 0.845 bits per heavy atom. The average molecular weight is 1020 g/mol. The van der Waals surface area contributed by atoms with Gasteiger partial charge in [0.1, 0.15) is 42.1 Å². The molecule has 2 aliphatic rings. The van der Waals surface area contributed by atoms with E-state index in [0.717, 1.165) is 15.5 Å². The van der Waals surface area contributed by atoms with Gasteiger partial charge >= 0.3 is 6.18 Å². The van der Waals surface area contributed by atoms with Crippen molar-refractivity contribution in [3.63, 3.8) is 0 Å². The number of fused-ring (bicyclic) bond motifs is 1. The molecule has 0 bridgehead atoms. The van der Waals surface area contributed by atoms with E-state index in [1.165, 1.54) is 19.2 Å². The van der Waals surface area contributed by atoms with Crippen LogP contribution >= 0.6 is 0 Å². The van der Waals surface area contributed by atoms with E-state index in [0.29, 0.717) is 61.9 Å². The molecule has 3 heterocycles. The summed E-state index contributed by atoms with van der Waals surface area (Å²) in [6.45, 7) is 2.60. The van der Waals surface area contributed by atoms with Crippen LogP contribution in [0.15, 0.2) is 72.9 Å². The number of aromatic nitrogens is 2. The Labute approximate surface area is 406 Å². The molecule has 382 valence electrons. The van der Waals surface area contributed by atoms with E-state index < -0.39 is 57.3 Å². The molecule has 5 amide bonds. The molecule has 1 fully saturated rings. The fourth-order valence-electron chi connectivity index (χ4n) is 6.98. The molecule has 0 radical (unpaired) electrons. The summed E-state index contributed by atoms with van der Waals surface area (Å²) in [5, 5.41) is 10.4. The van der Waals surface area contributed by atoms with Gasteiger partial charge < -0.3 is 44.4 Å². The third-order valence-corrected chi connectivity index (χ3v) is 11.8. The molecule has 4 N–H and O–H groups in total. The van der Waals surface area contributed by atoms with Crippen molar-refractivity contribution in [2.75, 3.05) is 101 Å². The van der Waals surface area contributed by atoms with Crippen LogP contribution in [0.4, 0.5) is 36.3 Å². The number of imide groups is 2. The van der Waals surface area contributed by atoms with Gasteiger partial charge in [0.25, 0.3) is 11.8 Å². The van der Waals surface area contributed by atoms with Crippen molar-refractivity contribution in [1.82, 2.24) is 25.5 Å². The zero-order valence-corrected chi connectivity index (χ0v) is 39.6. The lowest BCUT2D eigenvalue weighted by Gasteiger charge is -2.27. The number of nitrogens with zero attached hydrogens (tertiary/aromatic N) is 4. The molecule has 21 nitrogen and oxygen atoms in total. The summed E-state index contributed by atoms with van der Waals surface area (Å²) >= 11 is 0. The number of hydrogen-bond donors (Lipinski definition) is 4. The number of rotatable bonds is 28. The highest BCUT2D eigenvalue weighted by molar-refractivity contribution is 7.92. The molecule has 71 heavy (non-hydrogen) atoms. The largest absolute Gasteiger partial charge is 0.491 e. The van der Waals surface area contributed by atoms with Crippen molar-refractivity contribution in [2.24, 2.45) is 0 Å². The molecule has 2 aliphatic heterocycles. The highest BCUT2D eigenvalue weighted by atomic mass is 32.2. The molecule has 0 saturated carbocycles. The first kappa shape index (κ1) is 53.4. The Hall–Kier alpha value is -6.93. The van der Waals surface area contributed by atoms with E-state index in [9.17, 15) is 45.6 Å². The molecular weight excluding hydrogens is 962 g/mol. The number of hydrogen-bond acceptors (Lipinski definition) is 17. The molecule has 0 spiro atoms. The first-order valence-electron chi connectivity index (χ1n) is 22.3. The average Bonchev–Trinajstić information content (AvgIpc) is 3.59. The van der Waals surface area contributed by atoms with Crippen LogP contribution < -0.4 is 35.0 Å². The molecule has 4 aromatic rings. The lowest BCUT2D eigenvalue weighted by Crippen LogP contribution is -2.54. The normalized spacial score (nSPS) is 14.8. The van der Waals surface area contributed by atoms with Gasteiger partial charge in [0.05, 0.1) is 82.5 Å². The van der Waals surface area contributed by atoms with Crippen LogP contribution in [-0.2, 0) is 56.1 Å². The van der Waals surface area contributed by atoms with Crippen LogP contribution in [0.25, 0.3) is 0 Å². The van der Waals surface area contributed by atoms with Crippen molar-refractivity contribution >= 4 is 62.7 Å². The summed E-state index contributed by atoms with van der Waals surface area (Å²) in [4.78, 5) is 71.0. The second kappa shape index (κ2) is 25.3. The number of alkyl halides is 3. The molecular formula is C46H53F3N8O13S. The predicted octanol–water partition coefficient (Wildman–Crippen LogP) is 3.68. The van der Waals surface area contributed by atoms with Gasteiger partial charge in [-0.25, -0.2) is 13.4 Å². The SMILES string of the molecule is CN(c1cccc(CNc2nc(Nc3ccc(OCCOCCOCCOCCOCCC(=O)NCCOc4cccc5c4C(=O)N(C4CCC(=O)NC4=O)C5=O)cc3)ncc2C(F)(F)F)c1)S(C)(=O)=O. The van der Waals surface area contributed by atoms with Gasteiger partial charge in [-0.2, -0.15) is 18.2 Å². The summed E-state index contributed by atoms with van der Waals surface area (Å²) in [6.07, 6.45) is -2.88. The van der Waals surface area contributed by atoms with Gasteiger partial charge in [-0.05, 0) is 60.5 Å². The van der Waals surface area contributed by atoms with Gasteiger partial charge in [-0.3, -0.25) is 38.5 Å². The van der Waals surface area contributed by atoms with Crippen LogP contribution in [0.1, 0.15) is 51.1 Å². The fraction of sp³-hybridized carbons (Fsp3) is 0.413. The summed E-state index contributed by atoms with van der Waals surface area (Å²) in [6, 6.07) is 16.4. The quantitative estimate of drug-likeness (QED) is 0.0468. The third kappa shape index (κ3) is 15.5. The maximum atomic E-state index is 13.8. The number of carbonyl (C=O) groups excluding carboxylic acids is 5. The second-order valence-electron chi connectivity index (χ2n) is 15.7. The molecule has 25 heteroatoms. The van der Waals surface area contributed by atoms with E-state index in [1.807, 2.05) is 0 Å². The number of sulfonamides is 1. The molecule has 0 aliphatic carbocycles. The van der Waals surface area contributed by atoms with E-state index in [4.69, 9.17) is 28.4 Å². The zero-order valence-electron chi connectivity index (χ0n) is 38.8. The van der Waals surface area contributed by atoms with Crippen molar-refractivity contribution in [3.05, 3.63) is 95.2 Å². The monoisotopic (exact) mass is 1010 g/mol. The minimum absolute atomic E-state index is 0.00742. The summed E-state index contributed by atoms with van der Waals surface area (Å²) < 4.78 is 99.8. The van der Waals surface area contributed by atoms with E-state index in [1.54, 1.807) is 54.6 Å². The number of ether oxygens (including phenoxy) is 6.